The van der Waals surface area contributed by atoms with Crippen molar-refractivity contribution in [3.05, 3.63) is 82.6 Å². The summed E-state index contributed by atoms with van der Waals surface area (Å²) in [4.78, 5) is 24.7. The number of aromatic amines is 1. The van der Waals surface area contributed by atoms with Crippen LogP contribution in [0.5, 0.6) is 0 Å². The fourth-order valence-corrected chi connectivity index (χ4v) is 6.21. The number of sulfone groups is 1. The quantitative estimate of drug-likeness (QED) is 0.427. The van der Waals surface area contributed by atoms with Crippen molar-refractivity contribution in [2.45, 2.75) is 9.79 Å². The van der Waals surface area contributed by atoms with E-state index in [0.29, 0.717) is 52.9 Å². The maximum Gasteiger partial charge on any atom is 0.271 e. The number of carbonyl (C=O) groups is 1. The van der Waals surface area contributed by atoms with Gasteiger partial charge in [0, 0.05) is 48.3 Å². The van der Waals surface area contributed by atoms with Gasteiger partial charge in [0.25, 0.3) is 5.91 Å². The van der Waals surface area contributed by atoms with E-state index in [2.05, 4.69) is 9.97 Å². The summed E-state index contributed by atoms with van der Waals surface area (Å²) >= 11 is 12.5. The number of hydrogen-bond acceptors (Lipinski definition) is 5. The minimum atomic E-state index is -3.99. The highest BCUT2D eigenvalue weighted by atomic mass is 35.5. The van der Waals surface area contributed by atoms with Gasteiger partial charge in [-0.3, -0.25) is 4.79 Å². The molecular weight excluding hydrogens is 495 g/mol. The van der Waals surface area contributed by atoms with Crippen LogP contribution < -0.4 is 4.90 Å². The number of anilines is 1. The van der Waals surface area contributed by atoms with Crippen LogP contribution in [0.2, 0.25) is 10.0 Å². The lowest BCUT2D eigenvalue weighted by molar-refractivity contribution is 0.0737. The number of piperazine rings is 1. The first-order valence-corrected chi connectivity index (χ1v) is 12.9. The Hall–Kier alpha value is -3.07. The molecule has 3 heterocycles. The maximum atomic E-state index is 13.6. The van der Waals surface area contributed by atoms with Crippen molar-refractivity contribution >= 4 is 55.7 Å². The Labute approximate surface area is 206 Å². The van der Waals surface area contributed by atoms with Crippen LogP contribution >= 0.6 is 23.2 Å². The number of pyridine rings is 1. The number of halogens is 2. The number of nitrogens with one attached hydrogen (secondary N) is 1. The van der Waals surface area contributed by atoms with Gasteiger partial charge in [-0.05, 0) is 42.5 Å². The topological polar surface area (TPSA) is 86.4 Å². The fraction of sp³-hybridized carbons (Fsp3) is 0.167. The highest BCUT2D eigenvalue weighted by Crippen LogP contribution is 2.34. The first-order valence-electron chi connectivity index (χ1n) is 10.6. The van der Waals surface area contributed by atoms with E-state index in [1.165, 1.54) is 12.1 Å². The summed E-state index contributed by atoms with van der Waals surface area (Å²) in [6, 6.07) is 16.5. The predicted octanol–water partition coefficient (Wildman–Crippen LogP) is 4.66. The second-order valence-corrected chi connectivity index (χ2v) is 10.7. The molecule has 7 nitrogen and oxygen atoms in total. The largest absolute Gasteiger partial charge is 0.352 e. The molecule has 0 atom stereocenters. The first kappa shape index (κ1) is 22.7. The number of amides is 1. The standard InChI is InChI=1S/C24H20Cl2N4O3S/c25-16-8-9-20-18(15-16)22(34(32,33)17-5-2-1-3-6-17)21(28-20)24(31)30-13-11-29(12-14-30)23-19(26)7-4-10-27-23/h1-10,15,28H,11-14H2. The van der Waals surface area contributed by atoms with Crippen molar-refractivity contribution in [2.75, 3.05) is 31.1 Å². The molecule has 174 valence electrons. The third kappa shape index (κ3) is 4.02. The van der Waals surface area contributed by atoms with Crippen LogP contribution in [-0.2, 0) is 9.84 Å². The molecule has 5 rings (SSSR count). The Balaban J connectivity index is 1.51. The molecule has 1 aliphatic rings. The Morgan fingerprint density at radius 2 is 1.68 bits per heavy atom. The van der Waals surface area contributed by atoms with E-state index in [1.807, 2.05) is 4.90 Å². The summed E-state index contributed by atoms with van der Waals surface area (Å²) in [5, 5.41) is 1.32. The number of fused-ring (bicyclic) bond motifs is 1. The van der Waals surface area contributed by atoms with Gasteiger partial charge in [0.2, 0.25) is 9.84 Å². The van der Waals surface area contributed by atoms with Gasteiger partial charge in [-0.15, -0.1) is 0 Å². The third-order valence-corrected chi connectivity index (χ3v) is 8.24. The average Bonchev–Trinajstić information content (AvgIpc) is 3.24. The van der Waals surface area contributed by atoms with Crippen molar-refractivity contribution in [3.8, 4) is 0 Å². The maximum absolute atomic E-state index is 13.6. The number of benzene rings is 2. The number of nitrogens with zero attached hydrogens (tertiary/aromatic N) is 3. The fourth-order valence-electron chi connectivity index (χ4n) is 4.18. The zero-order valence-corrected chi connectivity index (χ0v) is 20.2. The van der Waals surface area contributed by atoms with E-state index in [-0.39, 0.29) is 21.4 Å². The van der Waals surface area contributed by atoms with E-state index >= 15 is 0 Å². The van der Waals surface area contributed by atoms with Gasteiger partial charge in [0.05, 0.1) is 9.92 Å². The van der Waals surface area contributed by atoms with Crippen molar-refractivity contribution in [3.63, 3.8) is 0 Å². The summed E-state index contributed by atoms with van der Waals surface area (Å²) in [5.41, 5.74) is 0.562. The van der Waals surface area contributed by atoms with Crippen LogP contribution in [-0.4, -0.2) is 55.4 Å². The number of rotatable bonds is 4. The van der Waals surface area contributed by atoms with E-state index in [9.17, 15) is 13.2 Å². The molecule has 0 aliphatic carbocycles. The average molecular weight is 515 g/mol. The number of hydrogen-bond donors (Lipinski definition) is 1. The van der Waals surface area contributed by atoms with Crippen molar-refractivity contribution in [1.29, 1.82) is 0 Å². The molecule has 1 fully saturated rings. The molecule has 1 saturated heterocycles. The highest BCUT2D eigenvalue weighted by molar-refractivity contribution is 7.91. The van der Waals surface area contributed by atoms with E-state index < -0.39 is 9.84 Å². The number of carbonyl (C=O) groups excluding carboxylic acids is 1. The SMILES string of the molecule is O=C(c1[nH]c2ccc(Cl)cc2c1S(=O)(=O)c1ccccc1)N1CCN(c2ncccc2Cl)CC1. The summed E-state index contributed by atoms with van der Waals surface area (Å²) in [7, 11) is -3.99. The van der Waals surface area contributed by atoms with Crippen LogP contribution in [0.4, 0.5) is 5.82 Å². The zero-order valence-electron chi connectivity index (χ0n) is 17.9. The summed E-state index contributed by atoms with van der Waals surface area (Å²) in [6.07, 6.45) is 1.68. The van der Waals surface area contributed by atoms with E-state index in [0.717, 1.165) is 0 Å². The lowest BCUT2D eigenvalue weighted by Crippen LogP contribution is -2.49. The Morgan fingerprint density at radius 3 is 2.38 bits per heavy atom. The summed E-state index contributed by atoms with van der Waals surface area (Å²) in [5.74, 6) is 0.289. The molecule has 0 radical (unpaired) electrons. The van der Waals surface area contributed by atoms with Gasteiger partial charge in [0.1, 0.15) is 16.4 Å². The Morgan fingerprint density at radius 1 is 0.941 bits per heavy atom. The van der Waals surface area contributed by atoms with Crippen LogP contribution in [0, 0.1) is 0 Å². The first-order chi connectivity index (χ1) is 16.4. The van der Waals surface area contributed by atoms with Gasteiger partial charge >= 0.3 is 0 Å². The van der Waals surface area contributed by atoms with Crippen LogP contribution in [0.3, 0.4) is 0 Å². The molecule has 0 spiro atoms. The summed E-state index contributed by atoms with van der Waals surface area (Å²) < 4.78 is 27.3. The van der Waals surface area contributed by atoms with Gasteiger partial charge in [0.15, 0.2) is 0 Å². The van der Waals surface area contributed by atoms with Gasteiger partial charge in [-0.25, -0.2) is 13.4 Å². The molecular formula is C24H20Cl2N4O3S. The second kappa shape index (κ2) is 8.94. The molecule has 0 saturated carbocycles. The van der Waals surface area contributed by atoms with Crippen LogP contribution in [0.25, 0.3) is 10.9 Å². The Bertz CT molecular complexity index is 1480. The molecule has 2 aromatic carbocycles. The van der Waals surface area contributed by atoms with Crippen LogP contribution in [0.15, 0.2) is 76.7 Å². The lowest BCUT2D eigenvalue weighted by atomic mass is 10.2. The molecule has 0 unspecified atom stereocenters. The number of H-pyrrole nitrogens is 1. The normalized spacial score (nSPS) is 14.5. The monoisotopic (exact) mass is 514 g/mol. The molecule has 2 aromatic heterocycles. The molecule has 34 heavy (non-hydrogen) atoms. The van der Waals surface area contributed by atoms with Gasteiger partial charge in [-0.1, -0.05) is 41.4 Å². The van der Waals surface area contributed by atoms with Gasteiger partial charge < -0.3 is 14.8 Å². The highest BCUT2D eigenvalue weighted by Gasteiger charge is 2.33. The van der Waals surface area contributed by atoms with Gasteiger partial charge in [-0.2, -0.15) is 0 Å². The van der Waals surface area contributed by atoms with Crippen molar-refractivity contribution in [2.24, 2.45) is 0 Å². The van der Waals surface area contributed by atoms with Crippen LogP contribution in [0.1, 0.15) is 10.5 Å². The molecule has 1 amide bonds. The Kier molecular flexibility index (Phi) is 5.97. The molecule has 1 aliphatic heterocycles. The zero-order chi connectivity index (χ0) is 23.9. The molecule has 4 aromatic rings. The minimum absolute atomic E-state index is 0.0328. The second-order valence-electron chi connectivity index (χ2n) is 7.92. The molecule has 10 heteroatoms. The van der Waals surface area contributed by atoms with E-state index in [4.69, 9.17) is 23.2 Å². The summed E-state index contributed by atoms with van der Waals surface area (Å²) in [6.45, 7) is 1.84. The smallest absolute Gasteiger partial charge is 0.271 e. The van der Waals surface area contributed by atoms with Crippen molar-refractivity contribution in [1.82, 2.24) is 14.9 Å². The molecule has 1 N–H and O–H groups in total. The van der Waals surface area contributed by atoms with Crippen molar-refractivity contribution < 1.29 is 13.2 Å². The molecule has 0 bridgehead atoms. The lowest BCUT2D eigenvalue weighted by Gasteiger charge is -2.35. The minimum Gasteiger partial charge on any atom is -0.352 e. The number of aromatic nitrogens is 2. The third-order valence-electron chi connectivity index (χ3n) is 5.85. The van der Waals surface area contributed by atoms with E-state index in [1.54, 1.807) is 59.6 Å². The predicted molar refractivity (Wildman–Crippen MR) is 133 cm³/mol.